The number of pyridine rings is 1. The van der Waals surface area contributed by atoms with E-state index in [4.69, 9.17) is 4.42 Å². The van der Waals surface area contributed by atoms with Crippen LogP contribution in [-0.4, -0.2) is 16.5 Å². The highest BCUT2D eigenvalue weighted by Gasteiger charge is 2.09. The van der Waals surface area contributed by atoms with Gasteiger partial charge in [-0.25, -0.2) is 9.97 Å². The summed E-state index contributed by atoms with van der Waals surface area (Å²) in [4.78, 5) is 8.70. The van der Waals surface area contributed by atoms with Gasteiger partial charge in [-0.1, -0.05) is 19.9 Å². The molecule has 0 saturated carbocycles. The summed E-state index contributed by atoms with van der Waals surface area (Å²) >= 11 is 1.46. The van der Waals surface area contributed by atoms with Gasteiger partial charge in [0.1, 0.15) is 11.3 Å². The number of hydrogen-bond donors (Lipinski definition) is 1. The number of hydrogen-bond acceptors (Lipinski definition) is 5. The van der Waals surface area contributed by atoms with Crippen LogP contribution in [0.5, 0.6) is 0 Å². The molecule has 0 atom stereocenters. The first-order valence-electron chi connectivity index (χ1n) is 6.39. The van der Waals surface area contributed by atoms with Crippen molar-refractivity contribution in [1.29, 1.82) is 0 Å². The summed E-state index contributed by atoms with van der Waals surface area (Å²) in [6.07, 6.45) is 3.45. The molecule has 0 aliphatic rings. The molecule has 19 heavy (non-hydrogen) atoms. The van der Waals surface area contributed by atoms with Crippen molar-refractivity contribution in [3.05, 3.63) is 35.9 Å². The summed E-state index contributed by atoms with van der Waals surface area (Å²) in [5.41, 5.74) is 2.06. The van der Waals surface area contributed by atoms with Gasteiger partial charge in [0, 0.05) is 12.7 Å². The molecule has 102 valence electrons. The summed E-state index contributed by atoms with van der Waals surface area (Å²) in [5, 5.41) is 5.01. The Morgan fingerprint density at radius 3 is 2.95 bits per heavy atom. The summed E-state index contributed by atoms with van der Waals surface area (Å²) in [7, 11) is 0. The zero-order chi connectivity index (χ0) is 13.7. The lowest BCUT2D eigenvalue weighted by atomic mass is 10.2. The van der Waals surface area contributed by atoms with Crippen LogP contribution in [-0.2, 0) is 6.54 Å². The Bertz CT molecular complexity index is 525. The first-order valence-corrected chi connectivity index (χ1v) is 7.21. The van der Waals surface area contributed by atoms with Crippen molar-refractivity contribution in [1.82, 2.24) is 15.3 Å². The molecule has 0 aliphatic carbocycles. The fraction of sp³-hybridized carbons (Fsp3) is 0.429. The molecule has 2 aromatic rings. The van der Waals surface area contributed by atoms with Gasteiger partial charge >= 0.3 is 0 Å². The van der Waals surface area contributed by atoms with E-state index < -0.39 is 0 Å². The molecule has 0 bridgehead atoms. The largest absolute Gasteiger partial charge is 0.439 e. The Morgan fingerprint density at radius 2 is 2.26 bits per heavy atom. The first-order chi connectivity index (χ1) is 9.15. The van der Waals surface area contributed by atoms with Crippen molar-refractivity contribution in [2.45, 2.75) is 37.6 Å². The molecule has 0 saturated heterocycles. The maximum Gasteiger partial charge on any atom is 0.262 e. The topological polar surface area (TPSA) is 51.0 Å². The summed E-state index contributed by atoms with van der Waals surface area (Å²) in [5.74, 6) is 0.641. The molecule has 0 aliphatic heterocycles. The first kappa shape index (κ1) is 14.1. The van der Waals surface area contributed by atoms with Gasteiger partial charge in [0.05, 0.1) is 5.69 Å². The maximum absolute atomic E-state index is 5.36. The number of nitrogens with one attached hydrogen (secondary N) is 1. The third kappa shape index (κ3) is 4.36. The van der Waals surface area contributed by atoms with E-state index >= 15 is 0 Å². The van der Waals surface area contributed by atoms with Gasteiger partial charge in [-0.15, -0.1) is 0 Å². The second kappa shape index (κ2) is 6.73. The van der Waals surface area contributed by atoms with Gasteiger partial charge in [0.2, 0.25) is 0 Å². The highest BCUT2D eigenvalue weighted by molar-refractivity contribution is 7.99. The molecule has 2 aromatic heterocycles. The molecule has 0 radical (unpaired) electrons. The normalized spacial score (nSPS) is 11.2. The Labute approximate surface area is 118 Å². The number of oxazole rings is 1. The summed E-state index contributed by atoms with van der Waals surface area (Å²) < 4.78 is 5.36. The molecule has 1 N–H and O–H groups in total. The van der Waals surface area contributed by atoms with Crippen LogP contribution < -0.4 is 5.32 Å². The lowest BCUT2D eigenvalue weighted by Crippen LogP contribution is -2.19. The van der Waals surface area contributed by atoms with Crippen LogP contribution in [0.3, 0.4) is 0 Å². The van der Waals surface area contributed by atoms with Crippen LogP contribution in [0.1, 0.15) is 25.1 Å². The van der Waals surface area contributed by atoms with Crippen molar-refractivity contribution in [2.75, 3.05) is 6.54 Å². The van der Waals surface area contributed by atoms with E-state index in [1.54, 1.807) is 12.5 Å². The van der Waals surface area contributed by atoms with Crippen LogP contribution in [0, 0.1) is 12.8 Å². The molecule has 0 fully saturated rings. The minimum atomic E-state index is 0.640. The van der Waals surface area contributed by atoms with Crippen molar-refractivity contribution in [2.24, 2.45) is 5.92 Å². The summed E-state index contributed by atoms with van der Waals surface area (Å²) in [6.45, 7) is 8.12. The van der Waals surface area contributed by atoms with E-state index in [1.807, 2.05) is 13.0 Å². The number of aromatic nitrogens is 2. The second-order valence-electron chi connectivity index (χ2n) is 4.85. The molecule has 0 amide bonds. The summed E-state index contributed by atoms with van der Waals surface area (Å²) in [6, 6.07) is 4.04. The van der Waals surface area contributed by atoms with Crippen LogP contribution in [0.2, 0.25) is 0 Å². The van der Waals surface area contributed by atoms with Gasteiger partial charge in [0.15, 0.2) is 0 Å². The third-order valence-electron chi connectivity index (χ3n) is 2.50. The molecular weight excluding hydrogens is 258 g/mol. The van der Waals surface area contributed by atoms with Gasteiger partial charge in [-0.05, 0) is 42.8 Å². The van der Waals surface area contributed by atoms with Gasteiger partial charge in [-0.2, -0.15) is 0 Å². The van der Waals surface area contributed by atoms with Crippen molar-refractivity contribution in [3.8, 4) is 0 Å². The van der Waals surface area contributed by atoms with E-state index in [0.717, 1.165) is 23.8 Å². The van der Waals surface area contributed by atoms with Crippen LogP contribution in [0.25, 0.3) is 0 Å². The standard InChI is InChI=1S/C14H19N3OS/c1-10(2)7-15-8-12-5-4-6-16-13(12)19-14-17-11(3)9-18-14/h4-6,9-10,15H,7-8H2,1-3H3. The van der Waals surface area contributed by atoms with Crippen LogP contribution in [0.4, 0.5) is 0 Å². The van der Waals surface area contributed by atoms with E-state index in [1.165, 1.54) is 17.3 Å². The lowest BCUT2D eigenvalue weighted by molar-refractivity contribution is 0.453. The zero-order valence-electron chi connectivity index (χ0n) is 11.5. The Balaban J connectivity index is 2.03. The van der Waals surface area contributed by atoms with E-state index in [9.17, 15) is 0 Å². The van der Waals surface area contributed by atoms with Crippen molar-refractivity contribution < 1.29 is 4.42 Å². The van der Waals surface area contributed by atoms with Gasteiger partial charge in [-0.3, -0.25) is 0 Å². The number of nitrogens with zero attached hydrogens (tertiary/aromatic N) is 2. The Morgan fingerprint density at radius 1 is 1.42 bits per heavy atom. The maximum atomic E-state index is 5.36. The average Bonchev–Trinajstić information content (AvgIpc) is 2.77. The lowest BCUT2D eigenvalue weighted by Gasteiger charge is -2.09. The average molecular weight is 277 g/mol. The molecule has 2 heterocycles. The third-order valence-corrected chi connectivity index (χ3v) is 3.42. The molecule has 5 heteroatoms. The fourth-order valence-electron chi connectivity index (χ4n) is 1.61. The molecule has 4 nitrogen and oxygen atoms in total. The SMILES string of the molecule is Cc1coc(Sc2ncccc2CNCC(C)C)n1. The van der Waals surface area contributed by atoms with E-state index in [0.29, 0.717) is 11.1 Å². The number of aryl methyl sites for hydroxylation is 1. The molecule has 0 aromatic carbocycles. The van der Waals surface area contributed by atoms with Crippen molar-refractivity contribution in [3.63, 3.8) is 0 Å². The molecule has 2 rings (SSSR count). The monoisotopic (exact) mass is 277 g/mol. The zero-order valence-corrected chi connectivity index (χ0v) is 12.3. The Kier molecular flexibility index (Phi) is 4.99. The van der Waals surface area contributed by atoms with Crippen LogP contribution in [0.15, 0.2) is 39.3 Å². The van der Waals surface area contributed by atoms with Gasteiger partial charge in [0.25, 0.3) is 5.22 Å². The minimum Gasteiger partial charge on any atom is -0.439 e. The molecule has 0 spiro atoms. The van der Waals surface area contributed by atoms with Crippen molar-refractivity contribution >= 4 is 11.8 Å². The van der Waals surface area contributed by atoms with Gasteiger partial charge < -0.3 is 9.73 Å². The number of rotatable bonds is 6. The van der Waals surface area contributed by atoms with Crippen LogP contribution >= 0.6 is 11.8 Å². The predicted molar refractivity (Wildman–Crippen MR) is 76.1 cm³/mol. The van der Waals surface area contributed by atoms with E-state index in [-0.39, 0.29) is 0 Å². The Hall–Kier alpha value is -1.33. The predicted octanol–water partition coefficient (Wildman–Crippen LogP) is 3.27. The highest BCUT2D eigenvalue weighted by Crippen LogP contribution is 2.27. The quantitative estimate of drug-likeness (QED) is 0.878. The molecule has 0 unspecified atom stereocenters. The smallest absolute Gasteiger partial charge is 0.262 e. The second-order valence-corrected chi connectivity index (χ2v) is 5.79. The minimum absolute atomic E-state index is 0.640. The molecular formula is C14H19N3OS. The fourth-order valence-corrected chi connectivity index (χ4v) is 2.44. The highest BCUT2D eigenvalue weighted by atomic mass is 32.2. The van der Waals surface area contributed by atoms with E-state index in [2.05, 4.69) is 35.2 Å².